The summed E-state index contributed by atoms with van der Waals surface area (Å²) < 4.78 is 1.71. The molecule has 4 nitrogen and oxygen atoms in total. The Bertz CT molecular complexity index is 565. The van der Waals surface area contributed by atoms with E-state index in [0.29, 0.717) is 17.1 Å². The second-order valence-corrected chi connectivity index (χ2v) is 4.77. The summed E-state index contributed by atoms with van der Waals surface area (Å²) in [5.41, 5.74) is 3.15. The van der Waals surface area contributed by atoms with Crippen LogP contribution in [0.25, 0.3) is 0 Å². The number of aryl methyl sites for hydroxylation is 3. The Labute approximate surface area is 111 Å². The number of hydrogen-bond donors (Lipinski definition) is 1. The van der Waals surface area contributed by atoms with Gasteiger partial charge in [0.1, 0.15) is 6.10 Å². The molecule has 5 heteroatoms. The van der Waals surface area contributed by atoms with Crippen LogP contribution < -0.4 is 0 Å². The highest BCUT2D eigenvalue weighted by Crippen LogP contribution is 2.24. The minimum Gasteiger partial charge on any atom is -0.386 e. The Morgan fingerprint density at radius 1 is 1.39 bits per heavy atom. The normalized spacial score (nSPS) is 12.7. The van der Waals surface area contributed by atoms with Crippen molar-refractivity contribution < 1.29 is 5.11 Å². The van der Waals surface area contributed by atoms with Gasteiger partial charge in [-0.05, 0) is 26.0 Å². The Morgan fingerprint density at radius 2 is 2.11 bits per heavy atom. The molecule has 96 valence electrons. The highest BCUT2D eigenvalue weighted by Gasteiger charge is 2.17. The first-order chi connectivity index (χ1) is 8.49. The summed E-state index contributed by atoms with van der Waals surface area (Å²) in [6.07, 6.45) is -0.260. The maximum absolute atomic E-state index is 10.2. The summed E-state index contributed by atoms with van der Waals surface area (Å²) >= 11 is 6.16. The Kier molecular flexibility index (Phi) is 3.68. The molecule has 0 fully saturated rings. The molecule has 2 rings (SSSR count). The van der Waals surface area contributed by atoms with Crippen molar-refractivity contribution >= 4 is 11.6 Å². The number of aliphatic hydroxyl groups is 1. The molecule has 1 N–H and O–H groups in total. The van der Waals surface area contributed by atoms with Gasteiger partial charge >= 0.3 is 0 Å². The van der Waals surface area contributed by atoms with Crippen molar-refractivity contribution in [2.45, 2.75) is 26.4 Å². The number of rotatable bonds is 3. The molecule has 0 aliphatic rings. The molecule has 0 aromatic carbocycles. The van der Waals surface area contributed by atoms with Crippen LogP contribution in [-0.4, -0.2) is 19.9 Å². The summed E-state index contributed by atoms with van der Waals surface area (Å²) in [4.78, 5) is 4.31. The predicted molar refractivity (Wildman–Crippen MR) is 70.6 cm³/mol. The second-order valence-electron chi connectivity index (χ2n) is 4.39. The van der Waals surface area contributed by atoms with Gasteiger partial charge in [0, 0.05) is 19.2 Å². The molecule has 0 bridgehead atoms. The zero-order chi connectivity index (χ0) is 13.3. The van der Waals surface area contributed by atoms with Gasteiger partial charge in [-0.3, -0.25) is 9.67 Å². The first kappa shape index (κ1) is 13.1. The Balaban J connectivity index is 2.24. The number of halogens is 1. The number of aliphatic hydroxyl groups excluding tert-OH is 1. The Hall–Kier alpha value is -1.39. The summed E-state index contributed by atoms with van der Waals surface area (Å²) in [5, 5.41) is 15.0. The van der Waals surface area contributed by atoms with Crippen molar-refractivity contribution in [1.29, 1.82) is 0 Å². The highest BCUT2D eigenvalue weighted by molar-refractivity contribution is 6.31. The van der Waals surface area contributed by atoms with Crippen molar-refractivity contribution in [2.24, 2.45) is 7.05 Å². The summed E-state index contributed by atoms with van der Waals surface area (Å²) in [6.45, 7) is 3.75. The average Bonchev–Trinajstić information content (AvgIpc) is 2.56. The lowest BCUT2D eigenvalue weighted by Crippen LogP contribution is -2.08. The third-order valence-corrected chi connectivity index (χ3v) is 3.39. The average molecular weight is 266 g/mol. The molecule has 0 saturated carbocycles. The van der Waals surface area contributed by atoms with Crippen molar-refractivity contribution in [1.82, 2.24) is 14.8 Å². The maximum Gasteiger partial charge on any atom is 0.102 e. The largest absolute Gasteiger partial charge is 0.386 e. The summed E-state index contributed by atoms with van der Waals surface area (Å²) in [5.74, 6) is 0. The van der Waals surface area contributed by atoms with E-state index in [1.54, 1.807) is 4.68 Å². The van der Waals surface area contributed by atoms with Crippen LogP contribution in [0.3, 0.4) is 0 Å². The molecule has 0 spiro atoms. The molecule has 1 unspecified atom stereocenters. The molecule has 0 aliphatic heterocycles. The van der Waals surface area contributed by atoms with E-state index in [0.717, 1.165) is 17.1 Å². The number of hydrogen-bond acceptors (Lipinski definition) is 3. The molecular weight excluding hydrogens is 250 g/mol. The molecule has 1 atom stereocenters. The van der Waals surface area contributed by atoms with Gasteiger partial charge in [-0.1, -0.05) is 17.7 Å². The van der Waals surface area contributed by atoms with Gasteiger partial charge in [0.15, 0.2) is 0 Å². The van der Waals surface area contributed by atoms with Crippen LogP contribution >= 0.6 is 11.6 Å². The van der Waals surface area contributed by atoms with Gasteiger partial charge in [0.05, 0.1) is 22.1 Å². The topological polar surface area (TPSA) is 50.9 Å². The van der Waals surface area contributed by atoms with E-state index < -0.39 is 6.10 Å². The van der Waals surface area contributed by atoms with Gasteiger partial charge in [0.2, 0.25) is 0 Å². The minimum absolute atomic E-state index is 0.409. The van der Waals surface area contributed by atoms with Crippen LogP contribution in [-0.2, 0) is 13.5 Å². The standard InChI is InChI=1S/C13H16ClN3O/c1-8-5-4-6-10(15-8)12(18)7-11-13(14)9(2)16-17(11)3/h4-6,12,18H,7H2,1-3H3. The van der Waals surface area contributed by atoms with Gasteiger partial charge in [-0.15, -0.1) is 0 Å². The van der Waals surface area contributed by atoms with Crippen molar-refractivity contribution in [3.05, 3.63) is 46.0 Å². The van der Waals surface area contributed by atoms with E-state index in [1.165, 1.54) is 0 Å². The van der Waals surface area contributed by atoms with Gasteiger partial charge < -0.3 is 5.11 Å². The van der Waals surface area contributed by atoms with Crippen LogP contribution in [0.1, 0.15) is 28.9 Å². The number of aromatic nitrogens is 3. The molecule has 0 radical (unpaired) electrons. The van der Waals surface area contributed by atoms with E-state index >= 15 is 0 Å². The molecule has 2 aromatic heterocycles. The fourth-order valence-electron chi connectivity index (χ4n) is 1.94. The zero-order valence-corrected chi connectivity index (χ0v) is 11.4. The molecule has 18 heavy (non-hydrogen) atoms. The fourth-order valence-corrected chi connectivity index (χ4v) is 2.18. The van der Waals surface area contributed by atoms with Gasteiger partial charge in [-0.2, -0.15) is 5.10 Å². The van der Waals surface area contributed by atoms with Crippen LogP contribution in [0.5, 0.6) is 0 Å². The smallest absolute Gasteiger partial charge is 0.102 e. The molecule has 0 saturated heterocycles. The minimum atomic E-state index is -0.669. The third kappa shape index (κ3) is 2.54. The van der Waals surface area contributed by atoms with Crippen molar-refractivity contribution in [2.75, 3.05) is 0 Å². The lowest BCUT2D eigenvalue weighted by molar-refractivity contribution is 0.171. The van der Waals surface area contributed by atoms with Crippen LogP contribution in [0.15, 0.2) is 18.2 Å². The van der Waals surface area contributed by atoms with Crippen LogP contribution in [0, 0.1) is 13.8 Å². The Morgan fingerprint density at radius 3 is 2.67 bits per heavy atom. The van der Waals surface area contributed by atoms with E-state index in [2.05, 4.69) is 10.1 Å². The van der Waals surface area contributed by atoms with Crippen molar-refractivity contribution in [3.63, 3.8) is 0 Å². The second kappa shape index (κ2) is 5.08. The summed E-state index contributed by atoms with van der Waals surface area (Å²) in [6, 6.07) is 5.60. The fraction of sp³-hybridized carbons (Fsp3) is 0.385. The van der Waals surface area contributed by atoms with E-state index in [9.17, 15) is 5.11 Å². The van der Waals surface area contributed by atoms with Crippen LogP contribution in [0.2, 0.25) is 5.02 Å². The number of pyridine rings is 1. The molecule has 0 aliphatic carbocycles. The predicted octanol–water partition coefficient (Wildman–Crippen LogP) is 2.36. The number of nitrogens with zero attached hydrogens (tertiary/aromatic N) is 3. The zero-order valence-electron chi connectivity index (χ0n) is 10.7. The van der Waals surface area contributed by atoms with E-state index in [-0.39, 0.29) is 0 Å². The molecular formula is C13H16ClN3O. The van der Waals surface area contributed by atoms with Crippen LogP contribution in [0.4, 0.5) is 0 Å². The first-order valence-electron chi connectivity index (χ1n) is 5.78. The lowest BCUT2D eigenvalue weighted by atomic mass is 10.1. The quantitative estimate of drug-likeness (QED) is 0.927. The highest BCUT2D eigenvalue weighted by atomic mass is 35.5. The molecule has 2 heterocycles. The summed E-state index contributed by atoms with van der Waals surface area (Å²) in [7, 11) is 1.82. The SMILES string of the molecule is Cc1cccc(C(O)Cc2c(Cl)c(C)nn2C)n1. The molecule has 2 aromatic rings. The maximum atomic E-state index is 10.2. The third-order valence-electron chi connectivity index (χ3n) is 2.90. The first-order valence-corrected chi connectivity index (χ1v) is 6.16. The van der Waals surface area contributed by atoms with E-state index in [4.69, 9.17) is 11.6 Å². The van der Waals surface area contributed by atoms with E-state index in [1.807, 2.05) is 39.1 Å². The van der Waals surface area contributed by atoms with Crippen molar-refractivity contribution in [3.8, 4) is 0 Å². The molecule has 0 amide bonds. The monoisotopic (exact) mass is 265 g/mol. The lowest BCUT2D eigenvalue weighted by Gasteiger charge is -2.11. The van der Waals surface area contributed by atoms with Gasteiger partial charge in [-0.25, -0.2) is 0 Å². The van der Waals surface area contributed by atoms with Gasteiger partial charge in [0.25, 0.3) is 0 Å².